The third-order valence-corrected chi connectivity index (χ3v) is 6.97. The monoisotopic (exact) mass is 527 g/mol. The van der Waals surface area contributed by atoms with Gasteiger partial charge in [0.2, 0.25) is 0 Å². The summed E-state index contributed by atoms with van der Waals surface area (Å²) in [6, 6.07) is 16.6. The number of methoxy groups -OCH3 is 2. The Morgan fingerprint density at radius 3 is 2.41 bits per heavy atom. The molecule has 0 amide bonds. The van der Waals surface area contributed by atoms with Crippen LogP contribution in [0.4, 0.5) is 5.69 Å². The molecule has 0 saturated heterocycles. The van der Waals surface area contributed by atoms with E-state index in [1.54, 1.807) is 36.5 Å². The standard InChI is InChI=1S/C30H33N5O4/c1-4-5-6-7-11-16-34-24-17-22(15-14-21(24)19-33-34)35-27(30(37)39-3)26(29(36)38-2)25(23(18-31)28(35)32)20-12-9-8-10-13-20/h8-10,12-15,17,19,25H,4-7,11,16,32H2,1-3H3. The van der Waals surface area contributed by atoms with Crippen molar-refractivity contribution < 1.29 is 19.1 Å². The van der Waals surface area contributed by atoms with Gasteiger partial charge in [-0.25, -0.2) is 9.59 Å². The normalized spacial score (nSPS) is 15.4. The van der Waals surface area contributed by atoms with Crippen molar-refractivity contribution in [3.05, 3.63) is 83.0 Å². The molecule has 1 unspecified atom stereocenters. The third-order valence-electron chi connectivity index (χ3n) is 6.97. The number of carbonyl (C=O) groups excluding carboxylic acids is 2. The summed E-state index contributed by atoms with van der Waals surface area (Å²) in [5.74, 6) is -2.41. The Bertz CT molecular complexity index is 1470. The van der Waals surface area contributed by atoms with Crippen molar-refractivity contribution in [3.63, 3.8) is 0 Å². The van der Waals surface area contributed by atoms with Gasteiger partial charge in [0.1, 0.15) is 11.5 Å². The highest BCUT2D eigenvalue weighted by molar-refractivity contribution is 6.06. The zero-order valence-corrected chi connectivity index (χ0v) is 22.5. The molecular weight excluding hydrogens is 494 g/mol. The molecule has 4 rings (SSSR count). The van der Waals surface area contributed by atoms with Crippen LogP contribution in [0.1, 0.15) is 50.5 Å². The number of nitriles is 1. The summed E-state index contributed by atoms with van der Waals surface area (Å²) in [6.45, 7) is 2.93. The van der Waals surface area contributed by atoms with Crippen LogP contribution in [-0.4, -0.2) is 35.9 Å². The second-order valence-corrected chi connectivity index (χ2v) is 9.36. The van der Waals surface area contributed by atoms with Crippen molar-refractivity contribution in [2.24, 2.45) is 5.73 Å². The highest BCUT2D eigenvalue weighted by Crippen LogP contribution is 2.43. The predicted molar refractivity (Wildman–Crippen MR) is 148 cm³/mol. The number of unbranched alkanes of at least 4 members (excludes halogenated alkanes) is 4. The van der Waals surface area contributed by atoms with E-state index in [9.17, 15) is 14.9 Å². The van der Waals surface area contributed by atoms with Crippen LogP contribution in [0.25, 0.3) is 10.9 Å². The van der Waals surface area contributed by atoms with E-state index >= 15 is 0 Å². The maximum Gasteiger partial charge on any atom is 0.355 e. The van der Waals surface area contributed by atoms with Crippen LogP contribution in [0.3, 0.4) is 0 Å². The molecule has 39 heavy (non-hydrogen) atoms. The van der Waals surface area contributed by atoms with Gasteiger partial charge in [-0.05, 0) is 30.2 Å². The molecule has 2 N–H and O–H groups in total. The molecule has 1 atom stereocenters. The topological polar surface area (TPSA) is 123 Å². The summed E-state index contributed by atoms with van der Waals surface area (Å²) in [4.78, 5) is 28.0. The van der Waals surface area contributed by atoms with Crippen molar-refractivity contribution in [2.45, 2.75) is 51.5 Å². The fourth-order valence-electron chi connectivity index (χ4n) is 5.02. The molecule has 202 valence electrons. The summed E-state index contributed by atoms with van der Waals surface area (Å²) < 4.78 is 12.2. The van der Waals surface area contributed by atoms with Crippen LogP contribution >= 0.6 is 0 Å². The second-order valence-electron chi connectivity index (χ2n) is 9.36. The van der Waals surface area contributed by atoms with E-state index in [1.165, 1.54) is 38.4 Å². The number of allylic oxidation sites excluding steroid dienone is 1. The predicted octanol–water partition coefficient (Wildman–Crippen LogP) is 4.90. The molecule has 9 nitrogen and oxygen atoms in total. The van der Waals surface area contributed by atoms with E-state index in [2.05, 4.69) is 18.1 Å². The molecular formula is C30H33N5O4. The Labute approximate surface area is 228 Å². The SMILES string of the molecule is CCCCCCCn1ncc2ccc(N3C(N)=C(C#N)C(c4ccccc4)C(C(=O)OC)=C3C(=O)OC)cc21. The summed E-state index contributed by atoms with van der Waals surface area (Å²) >= 11 is 0. The lowest BCUT2D eigenvalue weighted by molar-refractivity contribution is -0.139. The Hall–Kier alpha value is -4.58. The van der Waals surface area contributed by atoms with E-state index < -0.39 is 17.9 Å². The number of aromatic nitrogens is 2. The number of nitrogens with two attached hydrogens (primary N) is 1. The molecule has 3 aromatic rings. The van der Waals surface area contributed by atoms with Gasteiger partial charge < -0.3 is 15.2 Å². The van der Waals surface area contributed by atoms with Gasteiger partial charge in [0.25, 0.3) is 0 Å². The van der Waals surface area contributed by atoms with Crippen molar-refractivity contribution in [1.29, 1.82) is 5.26 Å². The first-order chi connectivity index (χ1) is 19.0. The number of ether oxygens (including phenoxy) is 2. The molecule has 1 aromatic heterocycles. The lowest BCUT2D eigenvalue weighted by Crippen LogP contribution is -2.40. The lowest BCUT2D eigenvalue weighted by Gasteiger charge is -2.35. The van der Waals surface area contributed by atoms with E-state index in [-0.39, 0.29) is 22.7 Å². The van der Waals surface area contributed by atoms with Crippen molar-refractivity contribution in [2.75, 3.05) is 19.1 Å². The zero-order valence-electron chi connectivity index (χ0n) is 22.5. The van der Waals surface area contributed by atoms with Crippen LogP contribution in [-0.2, 0) is 25.6 Å². The van der Waals surface area contributed by atoms with Crippen LogP contribution < -0.4 is 10.6 Å². The van der Waals surface area contributed by atoms with Crippen molar-refractivity contribution in [3.8, 4) is 6.07 Å². The molecule has 0 radical (unpaired) electrons. The van der Waals surface area contributed by atoms with E-state index in [0.29, 0.717) is 11.3 Å². The van der Waals surface area contributed by atoms with Crippen molar-refractivity contribution >= 4 is 28.5 Å². The number of hydrogen-bond acceptors (Lipinski definition) is 8. The number of nitrogens with zero attached hydrogens (tertiary/aromatic N) is 4. The average molecular weight is 528 g/mol. The van der Waals surface area contributed by atoms with Gasteiger partial charge in [-0.2, -0.15) is 10.4 Å². The smallest absolute Gasteiger partial charge is 0.355 e. The Balaban J connectivity index is 1.88. The molecule has 0 saturated carbocycles. The number of benzene rings is 2. The first-order valence-corrected chi connectivity index (χ1v) is 13.1. The van der Waals surface area contributed by atoms with Gasteiger partial charge in [-0.15, -0.1) is 0 Å². The number of hydrogen-bond donors (Lipinski definition) is 1. The fraction of sp³-hybridized carbons (Fsp3) is 0.333. The van der Waals surface area contributed by atoms with E-state index in [1.807, 2.05) is 22.9 Å². The van der Waals surface area contributed by atoms with Crippen LogP contribution in [0.2, 0.25) is 0 Å². The minimum absolute atomic E-state index is 0.0224. The van der Waals surface area contributed by atoms with Crippen LogP contribution in [0.5, 0.6) is 0 Å². The summed E-state index contributed by atoms with van der Waals surface area (Å²) in [5, 5.41) is 15.7. The highest BCUT2D eigenvalue weighted by Gasteiger charge is 2.43. The molecule has 0 bridgehead atoms. The minimum atomic E-state index is -0.911. The lowest BCUT2D eigenvalue weighted by atomic mass is 9.81. The first kappa shape index (κ1) is 27.5. The highest BCUT2D eigenvalue weighted by atomic mass is 16.5. The number of rotatable bonds is 10. The summed E-state index contributed by atoms with van der Waals surface area (Å²) in [5.41, 5.74) is 8.60. The molecule has 0 spiro atoms. The summed E-state index contributed by atoms with van der Waals surface area (Å²) in [7, 11) is 2.46. The molecule has 0 aliphatic carbocycles. The van der Waals surface area contributed by atoms with Crippen LogP contribution in [0.15, 0.2) is 77.4 Å². The van der Waals surface area contributed by atoms with Gasteiger partial charge in [0, 0.05) is 11.9 Å². The van der Waals surface area contributed by atoms with Gasteiger partial charge in [-0.1, -0.05) is 62.9 Å². The minimum Gasteiger partial charge on any atom is -0.466 e. The van der Waals surface area contributed by atoms with E-state index in [4.69, 9.17) is 15.2 Å². The molecule has 0 fully saturated rings. The number of aryl methyl sites for hydroxylation is 1. The third kappa shape index (κ3) is 5.36. The first-order valence-electron chi connectivity index (χ1n) is 13.1. The molecule has 1 aliphatic heterocycles. The number of carbonyl (C=O) groups is 2. The Morgan fingerprint density at radius 1 is 1.03 bits per heavy atom. The average Bonchev–Trinajstić information content (AvgIpc) is 3.38. The van der Waals surface area contributed by atoms with Gasteiger partial charge >= 0.3 is 11.9 Å². The van der Waals surface area contributed by atoms with Crippen LogP contribution in [0, 0.1) is 11.3 Å². The molecule has 9 heteroatoms. The summed E-state index contributed by atoms with van der Waals surface area (Å²) in [6.07, 6.45) is 7.46. The number of esters is 2. The maximum absolute atomic E-state index is 13.3. The quantitative estimate of drug-likeness (QED) is 0.292. The number of fused-ring (bicyclic) bond motifs is 1. The van der Waals surface area contributed by atoms with Gasteiger partial charge in [-0.3, -0.25) is 9.58 Å². The fourth-order valence-corrected chi connectivity index (χ4v) is 5.02. The van der Waals surface area contributed by atoms with Gasteiger partial charge in [0.15, 0.2) is 0 Å². The zero-order chi connectivity index (χ0) is 27.9. The van der Waals surface area contributed by atoms with Gasteiger partial charge in [0.05, 0.1) is 54.8 Å². The second kappa shape index (κ2) is 12.3. The molecule has 1 aliphatic rings. The molecule has 2 heterocycles. The van der Waals surface area contributed by atoms with Crippen molar-refractivity contribution in [1.82, 2.24) is 9.78 Å². The largest absolute Gasteiger partial charge is 0.466 e. The maximum atomic E-state index is 13.3. The Morgan fingerprint density at radius 2 is 1.74 bits per heavy atom. The number of anilines is 1. The van der Waals surface area contributed by atoms with E-state index in [0.717, 1.165) is 30.3 Å². The Kier molecular flexibility index (Phi) is 8.67. The molecule has 2 aromatic carbocycles.